The summed E-state index contributed by atoms with van der Waals surface area (Å²) in [5.74, 6) is 2.02. The fourth-order valence-corrected chi connectivity index (χ4v) is 5.06. The monoisotopic (exact) mass is 423 g/mol. The summed E-state index contributed by atoms with van der Waals surface area (Å²) in [6, 6.07) is 10.8. The second-order valence-corrected chi connectivity index (χ2v) is 9.10. The van der Waals surface area contributed by atoms with Crippen LogP contribution in [0.4, 0.5) is 5.82 Å². The molecule has 1 aliphatic rings. The third-order valence-corrected chi connectivity index (χ3v) is 6.68. The first-order valence-corrected chi connectivity index (χ1v) is 11.3. The number of fused-ring (bicyclic) bond motifs is 1. The third kappa shape index (κ3) is 4.18. The van der Waals surface area contributed by atoms with Gasteiger partial charge in [0.05, 0.1) is 11.9 Å². The van der Waals surface area contributed by atoms with Crippen LogP contribution in [0.1, 0.15) is 25.6 Å². The Morgan fingerprint density at radius 2 is 1.83 bits per heavy atom. The maximum absolute atomic E-state index is 11.8. The van der Waals surface area contributed by atoms with Crippen molar-refractivity contribution in [3.8, 4) is 11.1 Å². The Labute approximate surface area is 182 Å². The van der Waals surface area contributed by atoms with Crippen LogP contribution in [0.25, 0.3) is 21.3 Å². The maximum atomic E-state index is 11.8. The van der Waals surface area contributed by atoms with Crippen molar-refractivity contribution < 1.29 is 4.79 Å². The van der Waals surface area contributed by atoms with E-state index in [1.165, 1.54) is 11.1 Å². The summed E-state index contributed by atoms with van der Waals surface area (Å²) in [6.07, 6.45) is 1.91. The average Bonchev–Trinajstić information content (AvgIpc) is 3.17. The van der Waals surface area contributed by atoms with Crippen molar-refractivity contribution in [1.29, 1.82) is 0 Å². The normalized spacial score (nSPS) is 15.2. The Morgan fingerprint density at radius 3 is 2.47 bits per heavy atom. The first kappa shape index (κ1) is 20.8. The molecule has 1 amide bonds. The highest BCUT2D eigenvalue weighted by Gasteiger charge is 2.27. The largest absolute Gasteiger partial charge is 0.356 e. The van der Waals surface area contributed by atoms with Gasteiger partial charge in [-0.25, -0.2) is 9.97 Å². The van der Waals surface area contributed by atoms with Gasteiger partial charge in [-0.3, -0.25) is 4.79 Å². The second kappa shape index (κ2) is 8.70. The van der Waals surface area contributed by atoms with Gasteiger partial charge < -0.3 is 14.7 Å². The summed E-state index contributed by atoms with van der Waals surface area (Å²) in [5.41, 5.74) is 2.39. The van der Waals surface area contributed by atoms with Crippen LogP contribution < -0.4 is 4.90 Å². The number of hydrogen-bond donors (Lipinski definition) is 0. The van der Waals surface area contributed by atoms with E-state index >= 15 is 0 Å². The molecular weight excluding hydrogens is 394 g/mol. The Hall–Kier alpha value is -2.51. The fourth-order valence-electron chi connectivity index (χ4n) is 4.10. The van der Waals surface area contributed by atoms with Gasteiger partial charge in [-0.1, -0.05) is 30.3 Å². The molecule has 0 spiro atoms. The van der Waals surface area contributed by atoms with Crippen molar-refractivity contribution >= 4 is 33.3 Å². The number of hydrogen-bond acceptors (Lipinski definition) is 6. The molecule has 3 heterocycles. The van der Waals surface area contributed by atoms with Crippen LogP contribution in [0.3, 0.4) is 0 Å². The van der Waals surface area contributed by atoms with Gasteiger partial charge >= 0.3 is 0 Å². The van der Waals surface area contributed by atoms with Crippen LogP contribution in [0, 0.1) is 0 Å². The molecule has 1 fully saturated rings. The lowest BCUT2D eigenvalue weighted by molar-refractivity contribution is -0.129. The van der Waals surface area contributed by atoms with Crippen LogP contribution in [0.2, 0.25) is 0 Å². The summed E-state index contributed by atoms with van der Waals surface area (Å²) in [6.45, 7) is 4.14. The van der Waals surface area contributed by atoms with E-state index in [0.717, 1.165) is 47.8 Å². The molecule has 4 rings (SSSR count). The average molecular weight is 424 g/mol. The van der Waals surface area contributed by atoms with E-state index in [2.05, 4.69) is 39.4 Å². The topological polar surface area (TPSA) is 52.6 Å². The number of nitrogens with zero attached hydrogens (tertiary/aromatic N) is 5. The molecule has 158 valence electrons. The number of carbonyl (C=O) groups is 1. The van der Waals surface area contributed by atoms with E-state index in [9.17, 15) is 4.79 Å². The van der Waals surface area contributed by atoms with Gasteiger partial charge in [0.25, 0.3) is 0 Å². The number of benzene rings is 1. The molecule has 3 aromatic rings. The number of anilines is 1. The van der Waals surface area contributed by atoms with Crippen LogP contribution in [-0.2, 0) is 11.3 Å². The van der Waals surface area contributed by atoms with E-state index < -0.39 is 0 Å². The van der Waals surface area contributed by atoms with Gasteiger partial charge in [0, 0.05) is 44.0 Å². The minimum atomic E-state index is 0.135. The number of aromatic nitrogens is 2. The summed E-state index contributed by atoms with van der Waals surface area (Å²) in [5, 5.41) is 3.35. The van der Waals surface area contributed by atoms with Crippen LogP contribution in [0.5, 0.6) is 0 Å². The van der Waals surface area contributed by atoms with Crippen LogP contribution in [-0.4, -0.2) is 65.9 Å². The lowest BCUT2D eigenvalue weighted by Crippen LogP contribution is -2.45. The van der Waals surface area contributed by atoms with Crippen molar-refractivity contribution in [2.75, 3.05) is 39.1 Å². The molecule has 1 aromatic carbocycles. The van der Waals surface area contributed by atoms with E-state index in [-0.39, 0.29) is 5.91 Å². The molecule has 0 saturated carbocycles. The molecule has 30 heavy (non-hydrogen) atoms. The highest BCUT2D eigenvalue weighted by Crippen LogP contribution is 2.39. The number of piperidine rings is 1. The summed E-state index contributed by atoms with van der Waals surface area (Å²) in [7, 11) is 5.99. The molecule has 0 aliphatic carbocycles. The van der Waals surface area contributed by atoms with Crippen LogP contribution >= 0.6 is 11.3 Å². The fraction of sp³-hybridized carbons (Fsp3) is 0.435. The number of amides is 1. The van der Waals surface area contributed by atoms with Gasteiger partial charge in [0.1, 0.15) is 16.5 Å². The zero-order chi connectivity index (χ0) is 21.3. The second-order valence-electron chi connectivity index (χ2n) is 8.24. The van der Waals surface area contributed by atoms with Gasteiger partial charge in [0.2, 0.25) is 5.91 Å². The molecule has 0 bridgehead atoms. The third-order valence-electron chi connectivity index (χ3n) is 5.81. The van der Waals surface area contributed by atoms with E-state index in [1.807, 2.05) is 32.1 Å². The minimum Gasteiger partial charge on any atom is -0.356 e. The molecule has 0 radical (unpaired) electrons. The molecule has 0 atom stereocenters. The Balaban J connectivity index is 1.73. The number of rotatable bonds is 5. The smallest absolute Gasteiger partial charge is 0.219 e. The first-order chi connectivity index (χ1) is 14.4. The van der Waals surface area contributed by atoms with Crippen molar-refractivity contribution in [3.63, 3.8) is 0 Å². The summed E-state index contributed by atoms with van der Waals surface area (Å²) < 4.78 is 0. The van der Waals surface area contributed by atoms with Crippen molar-refractivity contribution in [2.45, 2.75) is 32.4 Å². The highest BCUT2D eigenvalue weighted by atomic mass is 32.1. The number of carbonyl (C=O) groups excluding carboxylic acids is 1. The van der Waals surface area contributed by atoms with Gasteiger partial charge in [-0.05, 0) is 32.5 Å². The standard InChI is InChI=1S/C23H29N5OS/c1-16(29)27(4)18-10-12-28(13-11-18)22-21-19(17-8-6-5-7-9-17)15-30-23(21)25-20(24-22)14-26(2)3/h5-9,15,18H,10-14H2,1-4H3. The molecule has 2 aromatic heterocycles. The quantitative estimate of drug-likeness (QED) is 0.624. The van der Waals surface area contributed by atoms with Crippen molar-refractivity contribution in [3.05, 3.63) is 41.5 Å². The molecule has 1 saturated heterocycles. The van der Waals surface area contributed by atoms with E-state index in [1.54, 1.807) is 18.3 Å². The van der Waals surface area contributed by atoms with E-state index in [4.69, 9.17) is 9.97 Å². The Bertz CT molecular complexity index is 1020. The van der Waals surface area contributed by atoms with Gasteiger partial charge in [0.15, 0.2) is 0 Å². The summed E-state index contributed by atoms with van der Waals surface area (Å²) >= 11 is 1.69. The van der Waals surface area contributed by atoms with Crippen molar-refractivity contribution in [1.82, 2.24) is 19.8 Å². The highest BCUT2D eigenvalue weighted by molar-refractivity contribution is 7.17. The van der Waals surface area contributed by atoms with Gasteiger partial charge in [-0.2, -0.15) is 0 Å². The zero-order valence-electron chi connectivity index (χ0n) is 18.1. The molecule has 7 heteroatoms. The Morgan fingerprint density at radius 1 is 1.13 bits per heavy atom. The molecule has 0 unspecified atom stereocenters. The zero-order valence-corrected chi connectivity index (χ0v) is 18.9. The first-order valence-electron chi connectivity index (χ1n) is 10.4. The molecule has 0 N–H and O–H groups in total. The minimum absolute atomic E-state index is 0.135. The van der Waals surface area contributed by atoms with Crippen LogP contribution in [0.15, 0.2) is 35.7 Å². The maximum Gasteiger partial charge on any atom is 0.219 e. The predicted molar refractivity (Wildman–Crippen MR) is 124 cm³/mol. The summed E-state index contributed by atoms with van der Waals surface area (Å²) in [4.78, 5) is 29.1. The number of thiophene rings is 1. The predicted octanol–water partition coefficient (Wildman–Crippen LogP) is 3.87. The van der Waals surface area contributed by atoms with Crippen molar-refractivity contribution in [2.24, 2.45) is 0 Å². The molecular formula is C23H29N5OS. The lowest BCUT2D eigenvalue weighted by atomic mass is 10.0. The molecule has 6 nitrogen and oxygen atoms in total. The Kier molecular flexibility index (Phi) is 6.01. The SMILES string of the molecule is CC(=O)N(C)C1CCN(c2nc(CN(C)C)nc3scc(-c4ccccc4)c23)CC1. The van der Waals surface area contributed by atoms with E-state index in [0.29, 0.717) is 12.6 Å². The molecule has 1 aliphatic heterocycles. The van der Waals surface area contributed by atoms with Gasteiger partial charge in [-0.15, -0.1) is 11.3 Å². The lowest BCUT2D eigenvalue weighted by Gasteiger charge is -2.37.